The zero-order chi connectivity index (χ0) is 25.2. The van der Waals surface area contributed by atoms with Crippen molar-refractivity contribution in [3.63, 3.8) is 0 Å². The first kappa shape index (κ1) is 30.4. The van der Waals surface area contributed by atoms with Crippen LogP contribution in [-0.4, -0.2) is 103 Å². The molecule has 0 saturated heterocycles. The van der Waals surface area contributed by atoms with Crippen LogP contribution in [0.2, 0.25) is 0 Å². The van der Waals surface area contributed by atoms with Crippen molar-refractivity contribution < 1.29 is 0 Å². The molecule has 0 saturated carbocycles. The van der Waals surface area contributed by atoms with Gasteiger partial charge in [-0.05, 0) is 133 Å². The molecule has 6 heteroatoms. The zero-order valence-corrected chi connectivity index (χ0v) is 23.2. The Labute approximate surface area is 210 Å². The lowest BCUT2D eigenvalue weighted by molar-refractivity contribution is 0.394. The highest BCUT2D eigenvalue weighted by Crippen LogP contribution is 2.24. The summed E-state index contributed by atoms with van der Waals surface area (Å²) in [7, 11) is 8.48. The minimum atomic E-state index is 0.0966. The highest BCUT2D eigenvalue weighted by Gasteiger charge is 2.14. The maximum atomic E-state index is 4.68. The van der Waals surface area contributed by atoms with E-state index >= 15 is 0 Å². The summed E-state index contributed by atoms with van der Waals surface area (Å²) in [5, 5.41) is 7.01. The summed E-state index contributed by atoms with van der Waals surface area (Å²) >= 11 is 0. The molecule has 0 aliphatic heterocycles. The lowest BCUT2D eigenvalue weighted by atomic mass is 9.85. The van der Waals surface area contributed by atoms with Gasteiger partial charge in [-0.15, -0.1) is 0 Å². The maximum Gasteiger partial charge on any atom is 0.0401 e. The van der Waals surface area contributed by atoms with Crippen molar-refractivity contribution in [2.75, 3.05) is 80.5 Å². The number of nitrogens with one attached hydrogen (secondary N) is 2. The Morgan fingerprint density at radius 2 is 1.09 bits per heavy atom. The molecule has 0 atom stereocenters. The summed E-state index contributed by atoms with van der Waals surface area (Å²) in [4.78, 5) is 13.8. The zero-order valence-electron chi connectivity index (χ0n) is 23.2. The van der Waals surface area contributed by atoms with E-state index in [0.29, 0.717) is 0 Å². The van der Waals surface area contributed by atoms with Crippen molar-refractivity contribution in [2.45, 2.75) is 51.9 Å². The second-order valence-electron chi connectivity index (χ2n) is 10.7. The SMILES string of the molecule is CN(C)CCCNCCCN=Cc1cc(C=NCCCNCCCN(C)C)cc(C(C)(C)C)c1. The van der Waals surface area contributed by atoms with Crippen LogP contribution in [0.25, 0.3) is 0 Å². The van der Waals surface area contributed by atoms with Crippen molar-refractivity contribution in [3.8, 4) is 0 Å². The molecule has 1 aromatic rings. The van der Waals surface area contributed by atoms with E-state index < -0.39 is 0 Å². The highest BCUT2D eigenvalue weighted by molar-refractivity contribution is 5.87. The molecule has 0 heterocycles. The van der Waals surface area contributed by atoms with Crippen LogP contribution >= 0.6 is 0 Å². The molecule has 34 heavy (non-hydrogen) atoms. The molecule has 0 aromatic heterocycles. The van der Waals surface area contributed by atoms with Gasteiger partial charge in [0.1, 0.15) is 0 Å². The Kier molecular flexibility index (Phi) is 15.9. The quantitative estimate of drug-likeness (QED) is 0.253. The molecule has 0 amide bonds. The molecule has 194 valence electrons. The molecular weight excluding hydrogens is 420 g/mol. The minimum Gasteiger partial charge on any atom is -0.317 e. The standard InChI is InChI=1S/C28H52N6/c1-28(2,3)27-21-25(23-31-14-8-12-29-16-10-18-33(4)5)20-26(22-27)24-32-15-9-13-30-17-11-19-34(6)7/h20-24,29-30H,8-19H2,1-7H3. The summed E-state index contributed by atoms with van der Waals surface area (Å²) < 4.78 is 0. The van der Waals surface area contributed by atoms with Gasteiger partial charge in [0.2, 0.25) is 0 Å². The number of aliphatic imine (C=N–C) groups is 2. The van der Waals surface area contributed by atoms with E-state index in [4.69, 9.17) is 0 Å². The lowest BCUT2D eigenvalue weighted by Gasteiger charge is -2.20. The third-order valence-corrected chi connectivity index (χ3v) is 5.52. The smallest absolute Gasteiger partial charge is 0.0401 e. The number of rotatable bonds is 18. The van der Waals surface area contributed by atoms with Gasteiger partial charge < -0.3 is 20.4 Å². The fourth-order valence-corrected chi connectivity index (χ4v) is 3.48. The Balaban J connectivity index is 2.46. The molecule has 0 bridgehead atoms. The number of benzene rings is 1. The molecule has 0 spiro atoms. The molecule has 0 aliphatic rings. The van der Waals surface area contributed by atoms with E-state index in [1.807, 2.05) is 12.4 Å². The molecule has 0 radical (unpaired) electrons. The van der Waals surface area contributed by atoms with Crippen LogP contribution in [0.5, 0.6) is 0 Å². The number of nitrogens with zero attached hydrogens (tertiary/aromatic N) is 4. The van der Waals surface area contributed by atoms with Crippen LogP contribution in [0.1, 0.15) is 63.1 Å². The van der Waals surface area contributed by atoms with Gasteiger partial charge in [0.25, 0.3) is 0 Å². The van der Waals surface area contributed by atoms with Crippen LogP contribution < -0.4 is 10.6 Å². The van der Waals surface area contributed by atoms with Crippen LogP contribution in [0.4, 0.5) is 0 Å². The van der Waals surface area contributed by atoms with E-state index in [2.05, 4.69) is 97.6 Å². The van der Waals surface area contributed by atoms with Crippen LogP contribution in [0.15, 0.2) is 28.2 Å². The van der Waals surface area contributed by atoms with Crippen LogP contribution in [-0.2, 0) is 5.41 Å². The van der Waals surface area contributed by atoms with Gasteiger partial charge in [0.15, 0.2) is 0 Å². The molecule has 6 nitrogen and oxygen atoms in total. The fourth-order valence-electron chi connectivity index (χ4n) is 3.48. The molecule has 1 rings (SSSR count). The molecule has 2 N–H and O–H groups in total. The van der Waals surface area contributed by atoms with Gasteiger partial charge in [0, 0.05) is 25.5 Å². The summed E-state index contributed by atoms with van der Waals surface area (Å²) in [6, 6.07) is 6.72. The first-order valence-electron chi connectivity index (χ1n) is 13.0. The summed E-state index contributed by atoms with van der Waals surface area (Å²) in [5.74, 6) is 0. The Morgan fingerprint density at radius 3 is 1.47 bits per heavy atom. The van der Waals surface area contributed by atoms with E-state index in [9.17, 15) is 0 Å². The predicted molar refractivity (Wildman–Crippen MR) is 151 cm³/mol. The lowest BCUT2D eigenvalue weighted by Crippen LogP contribution is -2.22. The third-order valence-electron chi connectivity index (χ3n) is 5.52. The van der Waals surface area contributed by atoms with Crippen molar-refractivity contribution in [1.82, 2.24) is 20.4 Å². The normalized spacial score (nSPS) is 12.7. The van der Waals surface area contributed by atoms with Gasteiger partial charge in [-0.25, -0.2) is 0 Å². The van der Waals surface area contributed by atoms with Gasteiger partial charge in [-0.1, -0.05) is 20.8 Å². The van der Waals surface area contributed by atoms with Crippen molar-refractivity contribution >= 4 is 12.4 Å². The average molecular weight is 473 g/mol. The van der Waals surface area contributed by atoms with Gasteiger partial charge in [-0.3, -0.25) is 9.98 Å². The Morgan fingerprint density at radius 1 is 0.676 bits per heavy atom. The third kappa shape index (κ3) is 16.1. The largest absolute Gasteiger partial charge is 0.317 e. The topological polar surface area (TPSA) is 55.3 Å². The van der Waals surface area contributed by atoms with Crippen molar-refractivity contribution in [3.05, 3.63) is 34.9 Å². The second kappa shape index (κ2) is 17.8. The molecular formula is C28H52N6. The number of hydrogen-bond donors (Lipinski definition) is 2. The van der Waals surface area contributed by atoms with Crippen LogP contribution in [0.3, 0.4) is 0 Å². The highest BCUT2D eigenvalue weighted by atomic mass is 15.1. The van der Waals surface area contributed by atoms with Gasteiger partial charge in [0.05, 0.1) is 0 Å². The first-order valence-corrected chi connectivity index (χ1v) is 13.0. The summed E-state index contributed by atoms with van der Waals surface area (Å²) in [6.07, 6.45) is 8.55. The number of hydrogen-bond acceptors (Lipinski definition) is 6. The fraction of sp³-hybridized carbons (Fsp3) is 0.714. The molecule has 1 aromatic carbocycles. The van der Waals surface area contributed by atoms with E-state index in [1.54, 1.807) is 0 Å². The molecule has 0 unspecified atom stereocenters. The Bertz CT molecular complexity index is 653. The van der Waals surface area contributed by atoms with Crippen molar-refractivity contribution in [2.24, 2.45) is 9.98 Å². The van der Waals surface area contributed by atoms with E-state index in [1.165, 1.54) is 18.4 Å². The maximum absolute atomic E-state index is 4.68. The van der Waals surface area contributed by atoms with E-state index in [0.717, 1.165) is 76.3 Å². The molecule has 0 fully saturated rings. The Hall–Kier alpha value is -1.60. The second-order valence-corrected chi connectivity index (χ2v) is 10.7. The first-order chi connectivity index (χ1) is 16.2. The van der Waals surface area contributed by atoms with E-state index in [-0.39, 0.29) is 5.41 Å². The van der Waals surface area contributed by atoms with Crippen molar-refractivity contribution in [1.29, 1.82) is 0 Å². The van der Waals surface area contributed by atoms with Crippen LogP contribution in [0, 0.1) is 0 Å². The average Bonchev–Trinajstić information content (AvgIpc) is 2.75. The predicted octanol–water partition coefficient (Wildman–Crippen LogP) is 3.68. The van der Waals surface area contributed by atoms with Gasteiger partial charge in [-0.2, -0.15) is 0 Å². The van der Waals surface area contributed by atoms with Gasteiger partial charge >= 0.3 is 0 Å². The summed E-state index contributed by atoms with van der Waals surface area (Å²) in [5.41, 5.74) is 3.74. The minimum absolute atomic E-state index is 0.0966. The molecule has 0 aliphatic carbocycles. The monoisotopic (exact) mass is 472 g/mol. The summed E-state index contributed by atoms with van der Waals surface area (Å²) in [6.45, 7) is 14.9.